The zero-order valence-electron chi connectivity index (χ0n) is 16.4. The summed E-state index contributed by atoms with van der Waals surface area (Å²) < 4.78 is 0. The third-order valence-electron chi connectivity index (χ3n) is 5.03. The van der Waals surface area contributed by atoms with Crippen LogP contribution in [-0.4, -0.2) is 68.6 Å². The first-order valence-electron chi connectivity index (χ1n) is 9.56. The summed E-state index contributed by atoms with van der Waals surface area (Å²) in [6, 6.07) is 8.47. The van der Waals surface area contributed by atoms with Gasteiger partial charge in [0, 0.05) is 52.9 Å². The number of guanidine groups is 1. The molecule has 25 heavy (non-hydrogen) atoms. The molecule has 1 fully saturated rings. The maximum atomic E-state index is 4.35. The third-order valence-corrected chi connectivity index (χ3v) is 5.03. The topological polar surface area (TPSA) is 42.9 Å². The molecule has 0 amide bonds. The summed E-state index contributed by atoms with van der Waals surface area (Å²) in [5.41, 5.74) is 2.62. The highest BCUT2D eigenvalue weighted by atomic mass is 15.3. The van der Waals surface area contributed by atoms with Gasteiger partial charge in [-0.15, -0.1) is 0 Å². The molecule has 5 heteroatoms. The molecule has 0 spiro atoms. The minimum Gasteiger partial charge on any atom is -0.356 e. The number of nitrogens with one attached hydrogen (secondary N) is 2. The van der Waals surface area contributed by atoms with Gasteiger partial charge in [0.2, 0.25) is 0 Å². The van der Waals surface area contributed by atoms with Gasteiger partial charge in [0.1, 0.15) is 0 Å². The summed E-state index contributed by atoms with van der Waals surface area (Å²) in [5.74, 6) is 1.48. The summed E-state index contributed by atoms with van der Waals surface area (Å²) in [6.07, 6.45) is 0. The fourth-order valence-electron chi connectivity index (χ4n) is 3.27. The van der Waals surface area contributed by atoms with E-state index in [1.165, 1.54) is 43.9 Å². The van der Waals surface area contributed by atoms with E-state index in [2.05, 4.69) is 70.5 Å². The van der Waals surface area contributed by atoms with E-state index in [1.54, 1.807) is 0 Å². The van der Waals surface area contributed by atoms with Crippen molar-refractivity contribution < 1.29 is 0 Å². The second-order valence-corrected chi connectivity index (χ2v) is 7.07. The number of aryl methyl sites for hydroxylation is 1. The fraction of sp³-hybridized carbons (Fsp3) is 0.650. The average Bonchev–Trinajstić information content (AvgIpc) is 2.64. The third kappa shape index (κ3) is 6.67. The molecule has 2 N–H and O–H groups in total. The predicted octanol–water partition coefficient (Wildman–Crippen LogP) is 1.93. The molecule has 1 unspecified atom stereocenters. The number of piperazine rings is 1. The second kappa shape index (κ2) is 10.4. The molecule has 1 aromatic carbocycles. The molecule has 0 bridgehead atoms. The number of rotatable bonds is 7. The van der Waals surface area contributed by atoms with Gasteiger partial charge < -0.3 is 20.4 Å². The van der Waals surface area contributed by atoms with Crippen molar-refractivity contribution in [3.8, 4) is 0 Å². The molecule has 0 aliphatic carbocycles. The predicted molar refractivity (Wildman–Crippen MR) is 107 cm³/mol. The van der Waals surface area contributed by atoms with Crippen LogP contribution >= 0.6 is 0 Å². The van der Waals surface area contributed by atoms with Crippen LogP contribution in [0.25, 0.3) is 0 Å². The fourth-order valence-corrected chi connectivity index (χ4v) is 3.27. The largest absolute Gasteiger partial charge is 0.356 e. The summed E-state index contributed by atoms with van der Waals surface area (Å²) in [4.78, 5) is 9.46. The van der Waals surface area contributed by atoms with Gasteiger partial charge in [0.25, 0.3) is 0 Å². The zero-order chi connectivity index (χ0) is 18.1. The monoisotopic (exact) mass is 345 g/mol. The minimum absolute atomic E-state index is 0.602. The van der Waals surface area contributed by atoms with Crippen molar-refractivity contribution in [1.29, 1.82) is 0 Å². The summed E-state index contributed by atoms with van der Waals surface area (Å²) >= 11 is 0. The van der Waals surface area contributed by atoms with Gasteiger partial charge in [0.15, 0.2) is 5.96 Å². The Hall–Kier alpha value is -1.59. The Morgan fingerprint density at radius 3 is 2.44 bits per heavy atom. The Balaban J connectivity index is 1.69. The van der Waals surface area contributed by atoms with Crippen LogP contribution in [-0.2, 0) is 6.54 Å². The Morgan fingerprint density at radius 2 is 1.80 bits per heavy atom. The second-order valence-electron chi connectivity index (χ2n) is 7.07. The molecule has 1 heterocycles. The van der Waals surface area contributed by atoms with Crippen LogP contribution in [0.1, 0.15) is 25.0 Å². The van der Waals surface area contributed by atoms with Crippen molar-refractivity contribution in [2.45, 2.75) is 27.3 Å². The normalized spacial score (nSPS) is 18.2. The summed E-state index contributed by atoms with van der Waals surface area (Å²) in [6.45, 7) is 15.6. The molecule has 0 saturated carbocycles. The average molecular weight is 346 g/mol. The highest BCUT2D eigenvalue weighted by Crippen LogP contribution is 2.07. The molecule has 1 aliphatic heterocycles. The van der Waals surface area contributed by atoms with Gasteiger partial charge in [0.05, 0.1) is 0 Å². The Morgan fingerprint density at radius 1 is 1.12 bits per heavy atom. The van der Waals surface area contributed by atoms with E-state index in [-0.39, 0.29) is 0 Å². The first kappa shape index (κ1) is 19.7. The number of likely N-dealkylation sites (N-methyl/N-ethyl adjacent to an activating group) is 1. The van der Waals surface area contributed by atoms with E-state index in [1.807, 2.05) is 7.05 Å². The molecule has 1 saturated heterocycles. The highest BCUT2D eigenvalue weighted by Gasteiger charge is 2.17. The van der Waals surface area contributed by atoms with E-state index in [9.17, 15) is 0 Å². The highest BCUT2D eigenvalue weighted by molar-refractivity contribution is 5.79. The smallest absolute Gasteiger partial charge is 0.191 e. The lowest BCUT2D eigenvalue weighted by atomic mass is 10.1. The Kier molecular flexibility index (Phi) is 8.22. The maximum absolute atomic E-state index is 4.35. The molecule has 2 rings (SSSR count). The lowest BCUT2D eigenvalue weighted by molar-refractivity contribution is 0.124. The Labute approximate surface area is 153 Å². The molecular weight excluding hydrogens is 310 g/mol. The van der Waals surface area contributed by atoms with Crippen LogP contribution in [0.2, 0.25) is 0 Å². The van der Waals surface area contributed by atoms with Gasteiger partial charge in [-0.2, -0.15) is 0 Å². The van der Waals surface area contributed by atoms with Crippen LogP contribution in [0.15, 0.2) is 29.3 Å². The summed E-state index contributed by atoms with van der Waals surface area (Å²) in [7, 11) is 1.84. The molecule has 140 valence electrons. The van der Waals surface area contributed by atoms with Crippen molar-refractivity contribution in [1.82, 2.24) is 20.4 Å². The summed E-state index contributed by atoms with van der Waals surface area (Å²) in [5, 5.41) is 6.89. The SMILES string of the molecule is CCN1CCN(CC(C)CNC(=NC)NCc2ccccc2C)CC1. The lowest BCUT2D eigenvalue weighted by Crippen LogP contribution is -2.48. The lowest BCUT2D eigenvalue weighted by Gasteiger charge is -2.35. The van der Waals surface area contributed by atoms with Crippen LogP contribution in [0.3, 0.4) is 0 Å². The van der Waals surface area contributed by atoms with Gasteiger partial charge in [-0.25, -0.2) is 0 Å². The molecular formula is C20H35N5. The van der Waals surface area contributed by atoms with Crippen LogP contribution in [0.4, 0.5) is 0 Å². The minimum atomic E-state index is 0.602. The van der Waals surface area contributed by atoms with E-state index in [0.717, 1.165) is 25.6 Å². The van der Waals surface area contributed by atoms with Crippen molar-refractivity contribution in [2.75, 3.05) is 52.9 Å². The molecule has 1 aliphatic rings. The number of benzene rings is 1. The maximum Gasteiger partial charge on any atom is 0.191 e. The molecule has 5 nitrogen and oxygen atoms in total. The number of aliphatic imine (C=N–C) groups is 1. The van der Waals surface area contributed by atoms with Crippen LogP contribution in [0.5, 0.6) is 0 Å². The number of hydrogen-bond acceptors (Lipinski definition) is 3. The Bertz CT molecular complexity index is 535. The molecule has 0 radical (unpaired) electrons. The van der Waals surface area contributed by atoms with Crippen molar-refractivity contribution >= 4 is 5.96 Å². The first-order chi connectivity index (χ1) is 12.1. The number of nitrogens with zero attached hydrogens (tertiary/aromatic N) is 3. The van der Waals surface area contributed by atoms with E-state index >= 15 is 0 Å². The van der Waals surface area contributed by atoms with Crippen molar-refractivity contribution in [3.63, 3.8) is 0 Å². The van der Waals surface area contributed by atoms with E-state index < -0.39 is 0 Å². The van der Waals surface area contributed by atoms with Crippen LogP contribution < -0.4 is 10.6 Å². The zero-order valence-corrected chi connectivity index (χ0v) is 16.4. The van der Waals surface area contributed by atoms with Crippen LogP contribution in [0, 0.1) is 12.8 Å². The van der Waals surface area contributed by atoms with E-state index in [4.69, 9.17) is 0 Å². The van der Waals surface area contributed by atoms with Crippen molar-refractivity contribution in [2.24, 2.45) is 10.9 Å². The first-order valence-corrected chi connectivity index (χ1v) is 9.56. The van der Waals surface area contributed by atoms with Gasteiger partial charge in [-0.1, -0.05) is 38.1 Å². The number of hydrogen-bond donors (Lipinski definition) is 2. The van der Waals surface area contributed by atoms with Gasteiger partial charge in [-0.05, 0) is 30.5 Å². The quantitative estimate of drug-likeness (QED) is 0.585. The standard InChI is InChI=1S/C20H35N5/c1-5-24-10-12-25(13-11-24)16-17(2)14-22-20(21-4)23-15-19-9-7-6-8-18(19)3/h6-9,17H,5,10-16H2,1-4H3,(H2,21,22,23). The van der Waals surface area contributed by atoms with Crippen molar-refractivity contribution in [3.05, 3.63) is 35.4 Å². The molecule has 1 aromatic rings. The molecule has 0 aromatic heterocycles. The van der Waals surface area contributed by atoms with Gasteiger partial charge >= 0.3 is 0 Å². The van der Waals surface area contributed by atoms with Gasteiger partial charge in [-0.3, -0.25) is 4.99 Å². The molecule has 1 atom stereocenters. The van der Waals surface area contributed by atoms with E-state index in [0.29, 0.717) is 5.92 Å².